The summed E-state index contributed by atoms with van der Waals surface area (Å²) in [6, 6.07) is 9.25. The number of carbonyl (C=O) groups excluding carboxylic acids is 1. The molecule has 4 rings (SSSR count). The van der Waals surface area contributed by atoms with Crippen LogP contribution < -0.4 is 26.0 Å². The van der Waals surface area contributed by atoms with E-state index in [0.717, 1.165) is 12.1 Å². The minimum Gasteiger partial charge on any atom is -0.456 e. The van der Waals surface area contributed by atoms with Crippen LogP contribution in [0.4, 0.5) is 30.5 Å². The van der Waals surface area contributed by atoms with Gasteiger partial charge in [-0.15, -0.1) is 0 Å². The van der Waals surface area contributed by atoms with E-state index in [4.69, 9.17) is 21.4 Å². The minimum absolute atomic E-state index is 0.000232. The number of hydrogen-bond acceptors (Lipinski definition) is 8. The van der Waals surface area contributed by atoms with Gasteiger partial charge in [0.15, 0.2) is 0 Å². The van der Waals surface area contributed by atoms with Crippen molar-refractivity contribution in [3.63, 3.8) is 0 Å². The molecule has 0 aliphatic carbocycles. The highest BCUT2D eigenvalue weighted by Crippen LogP contribution is 2.36. The van der Waals surface area contributed by atoms with Crippen LogP contribution in [0.15, 0.2) is 54.4 Å². The zero-order valence-corrected chi connectivity index (χ0v) is 21.4. The van der Waals surface area contributed by atoms with E-state index in [1.807, 2.05) is 0 Å². The van der Waals surface area contributed by atoms with Crippen molar-refractivity contribution in [1.29, 1.82) is 0 Å². The van der Waals surface area contributed by atoms with Gasteiger partial charge in [0.05, 0.1) is 22.8 Å². The van der Waals surface area contributed by atoms with Gasteiger partial charge in [-0.05, 0) is 48.9 Å². The van der Waals surface area contributed by atoms with Crippen molar-refractivity contribution in [1.82, 2.24) is 20.6 Å². The molecule has 1 aromatic heterocycles. The van der Waals surface area contributed by atoms with Gasteiger partial charge in [-0.3, -0.25) is 4.79 Å². The number of alkyl halides is 3. The third kappa shape index (κ3) is 7.59. The molecule has 0 bridgehead atoms. The van der Waals surface area contributed by atoms with Gasteiger partial charge in [0.1, 0.15) is 29.5 Å². The van der Waals surface area contributed by atoms with Crippen LogP contribution in [0, 0.1) is 0 Å². The number of ether oxygens (including phenoxy) is 1. The predicted molar refractivity (Wildman–Crippen MR) is 142 cm³/mol. The lowest BCUT2D eigenvalue weighted by Gasteiger charge is -2.14. The number of hydrogen-bond donors (Lipinski definition) is 5. The number of aromatic nitrogens is 2. The lowest BCUT2D eigenvalue weighted by molar-refractivity contribution is -0.137. The maximum absolute atomic E-state index is 13.0. The molecule has 1 aliphatic rings. The molecule has 1 aliphatic heterocycles. The molecule has 0 spiro atoms. The molecule has 1 amide bonds. The maximum atomic E-state index is 13.0. The minimum atomic E-state index is -4.49. The molecular weight excluding hydrogens is 537 g/mol. The van der Waals surface area contributed by atoms with E-state index >= 15 is 0 Å². The van der Waals surface area contributed by atoms with Crippen molar-refractivity contribution >= 4 is 40.9 Å². The van der Waals surface area contributed by atoms with Crippen LogP contribution in [0.3, 0.4) is 0 Å². The molecule has 0 saturated heterocycles. The normalized spacial score (nSPS) is 13.0. The van der Waals surface area contributed by atoms with E-state index in [0.29, 0.717) is 61.1 Å². The van der Waals surface area contributed by atoms with Crippen molar-refractivity contribution in [2.75, 3.05) is 43.4 Å². The van der Waals surface area contributed by atoms with E-state index in [1.54, 1.807) is 18.2 Å². The molecular formula is C26H26ClF3N6O3. The van der Waals surface area contributed by atoms with Crippen LogP contribution in [0.2, 0.25) is 5.02 Å². The van der Waals surface area contributed by atoms with Crippen LogP contribution >= 0.6 is 11.6 Å². The van der Waals surface area contributed by atoms with Gasteiger partial charge in [-0.1, -0.05) is 17.7 Å². The number of amides is 1. The van der Waals surface area contributed by atoms with Gasteiger partial charge in [0, 0.05) is 37.4 Å². The van der Waals surface area contributed by atoms with Crippen LogP contribution in [-0.2, 0) is 11.0 Å². The van der Waals surface area contributed by atoms with Gasteiger partial charge in [-0.2, -0.15) is 13.2 Å². The van der Waals surface area contributed by atoms with Crippen LogP contribution in [0.5, 0.6) is 11.5 Å². The Balaban J connectivity index is 1.50. The summed E-state index contributed by atoms with van der Waals surface area (Å²) in [5, 5.41) is 21.2. The number of rotatable bonds is 10. The van der Waals surface area contributed by atoms with Crippen LogP contribution in [0.25, 0.3) is 6.08 Å². The third-order valence-corrected chi connectivity index (χ3v) is 5.94. The van der Waals surface area contributed by atoms with Crippen molar-refractivity contribution in [3.05, 3.63) is 70.5 Å². The summed E-state index contributed by atoms with van der Waals surface area (Å²) in [6.07, 6.45) is -0.916. The highest BCUT2D eigenvalue weighted by Gasteiger charge is 2.30. The summed E-state index contributed by atoms with van der Waals surface area (Å²) in [7, 11) is 0. The fourth-order valence-corrected chi connectivity index (χ4v) is 3.98. The molecule has 0 atom stereocenters. The number of aliphatic hydroxyl groups is 1. The maximum Gasteiger partial charge on any atom is 0.416 e. The topological polar surface area (TPSA) is 120 Å². The molecule has 3 aromatic rings. The molecule has 5 N–H and O–H groups in total. The average molecular weight is 563 g/mol. The first kappa shape index (κ1) is 28.1. The van der Waals surface area contributed by atoms with Crippen LogP contribution in [0.1, 0.15) is 17.5 Å². The molecule has 0 unspecified atom stereocenters. The lowest BCUT2D eigenvalue weighted by Crippen LogP contribution is -2.33. The molecule has 2 aromatic carbocycles. The first-order chi connectivity index (χ1) is 18.7. The second-order valence-corrected chi connectivity index (χ2v) is 8.87. The Hall–Kier alpha value is -3.87. The molecule has 0 saturated carbocycles. The van der Waals surface area contributed by atoms with E-state index in [-0.39, 0.29) is 29.0 Å². The number of anilines is 3. The zero-order valence-electron chi connectivity index (χ0n) is 20.6. The largest absolute Gasteiger partial charge is 0.456 e. The first-order valence-corrected chi connectivity index (χ1v) is 12.4. The summed E-state index contributed by atoms with van der Waals surface area (Å²) in [5.74, 6) is 0.934. The van der Waals surface area contributed by atoms with Gasteiger partial charge in [0.25, 0.3) is 0 Å². The van der Waals surface area contributed by atoms with Gasteiger partial charge >= 0.3 is 6.18 Å². The first-order valence-electron chi connectivity index (χ1n) is 12.1. The molecule has 0 fully saturated rings. The monoisotopic (exact) mass is 562 g/mol. The smallest absolute Gasteiger partial charge is 0.416 e. The van der Waals surface area contributed by atoms with Gasteiger partial charge < -0.3 is 31.1 Å². The van der Waals surface area contributed by atoms with E-state index < -0.39 is 11.7 Å². The number of carbonyl (C=O) groups is 1. The summed E-state index contributed by atoms with van der Waals surface area (Å²) >= 11 is 6.37. The lowest BCUT2D eigenvalue weighted by atomic mass is 10.1. The van der Waals surface area contributed by atoms with Crippen molar-refractivity contribution in [2.24, 2.45) is 0 Å². The SMILES string of the molecule is O=C(NCCNCCO)C1=Cc2c(ncnc2Nc2ccc(Oc3cccc(C(F)(F)F)c3)c(Cl)c2)NCC1. The highest BCUT2D eigenvalue weighted by atomic mass is 35.5. The van der Waals surface area contributed by atoms with Crippen molar-refractivity contribution < 1.29 is 27.8 Å². The number of nitrogens with zero attached hydrogens (tertiary/aromatic N) is 2. The highest BCUT2D eigenvalue weighted by molar-refractivity contribution is 6.32. The predicted octanol–water partition coefficient (Wildman–Crippen LogP) is 4.58. The Labute approximate surface area is 227 Å². The Kier molecular flexibility index (Phi) is 9.23. The summed E-state index contributed by atoms with van der Waals surface area (Å²) in [4.78, 5) is 21.3. The van der Waals surface area contributed by atoms with Crippen LogP contribution in [-0.4, -0.2) is 53.8 Å². The summed E-state index contributed by atoms with van der Waals surface area (Å²) in [5.41, 5.74) is 0.839. The Morgan fingerprint density at radius 1 is 1.13 bits per heavy atom. The Bertz CT molecular complexity index is 1350. The molecule has 0 radical (unpaired) electrons. The van der Waals surface area contributed by atoms with E-state index in [9.17, 15) is 18.0 Å². The standard InChI is InChI=1S/C26H26ClF3N6O3/c27-21-14-18(4-5-22(21)39-19-3-1-2-17(13-19)26(28,29)30)36-24-20-12-16(6-7-32-23(20)34-15-35-24)25(38)33-9-8-31-10-11-37/h1-5,12-15,31,37H,6-11H2,(H,33,38)(H2,32,34,35,36). The van der Waals surface area contributed by atoms with Gasteiger partial charge in [-0.25, -0.2) is 9.97 Å². The number of halogens is 4. The summed E-state index contributed by atoms with van der Waals surface area (Å²) < 4.78 is 44.6. The van der Waals surface area contributed by atoms with Crippen molar-refractivity contribution in [3.8, 4) is 11.5 Å². The average Bonchev–Trinajstić information content (AvgIpc) is 3.13. The second-order valence-electron chi connectivity index (χ2n) is 8.46. The number of fused-ring (bicyclic) bond motifs is 1. The number of aliphatic hydroxyl groups excluding tert-OH is 1. The molecule has 39 heavy (non-hydrogen) atoms. The molecule has 206 valence electrons. The fraction of sp³-hybridized carbons (Fsp3) is 0.269. The second kappa shape index (κ2) is 12.8. The van der Waals surface area contributed by atoms with E-state index in [1.165, 1.54) is 24.5 Å². The van der Waals surface area contributed by atoms with E-state index in [2.05, 4.69) is 31.2 Å². The summed E-state index contributed by atoms with van der Waals surface area (Å²) in [6.45, 7) is 1.90. The van der Waals surface area contributed by atoms with Crippen molar-refractivity contribution in [2.45, 2.75) is 12.6 Å². The molecule has 9 nitrogen and oxygen atoms in total. The number of benzene rings is 2. The quantitative estimate of drug-likeness (QED) is 0.228. The molecule has 13 heteroatoms. The fourth-order valence-electron chi connectivity index (χ4n) is 3.76. The zero-order chi connectivity index (χ0) is 27.8. The number of nitrogens with one attached hydrogen (secondary N) is 4. The Morgan fingerprint density at radius 3 is 2.74 bits per heavy atom. The Morgan fingerprint density at radius 2 is 1.97 bits per heavy atom. The molecule has 2 heterocycles. The third-order valence-electron chi connectivity index (χ3n) is 5.64. The van der Waals surface area contributed by atoms with Gasteiger partial charge in [0.2, 0.25) is 5.91 Å².